The van der Waals surface area contributed by atoms with Gasteiger partial charge in [-0.2, -0.15) is 0 Å². The van der Waals surface area contributed by atoms with Crippen LogP contribution in [0, 0.1) is 11.3 Å². The third kappa shape index (κ3) is 7.77. The highest BCUT2D eigenvalue weighted by molar-refractivity contribution is 5.75. The molecule has 4 nitrogen and oxygen atoms in total. The lowest BCUT2D eigenvalue weighted by Gasteiger charge is -2.17. The monoisotopic (exact) mass is 246 g/mol. The predicted molar refractivity (Wildman–Crippen MR) is 67.6 cm³/mol. The molecule has 0 N–H and O–H groups in total. The van der Waals surface area contributed by atoms with Gasteiger partial charge in [-0.25, -0.2) is 0 Å². The summed E-state index contributed by atoms with van der Waals surface area (Å²) in [5.41, 5.74) is -0.311. The van der Waals surface area contributed by atoms with Crippen LogP contribution in [-0.2, 0) is 19.1 Å². The third-order valence-electron chi connectivity index (χ3n) is 2.84. The summed E-state index contributed by atoms with van der Waals surface area (Å²) in [4.78, 5) is 21.4. The Kier molecular flexibility index (Phi) is 9.72. The first-order chi connectivity index (χ1) is 7.76. The molecule has 0 amide bonds. The Morgan fingerprint density at radius 3 is 1.71 bits per heavy atom. The highest BCUT2D eigenvalue weighted by Gasteiger charge is 2.25. The van der Waals surface area contributed by atoms with Gasteiger partial charge in [-0.3, -0.25) is 9.59 Å². The quantitative estimate of drug-likeness (QED) is 0.716. The fourth-order valence-corrected chi connectivity index (χ4v) is 0.788. The normalized spacial score (nSPS) is 11.9. The Bertz CT molecular complexity index is 234. The molecule has 0 aliphatic rings. The predicted octanol–water partition coefficient (Wildman–Crippen LogP) is 2.80. The van der Waals surface area contributed by atoms with Crippen LogP contribution in [-0.4, -0.2) is 26.2 Å². The number of carbonyl (C=O) groups is 2. The number of carbonyl (C=O) groups excluding carboxylic acids is 2. The lowest BCUT2D eigenvalue weighted by Crippen LogP contribution is -2.24. The molecule has 0 fully saturated rings. The van der Waals surface area contributed by atoms with Crippen LogP contribution in [0.1, 0.15) is 47.5 Å². The van der Waals surface area contributed by atoms with Crippen LogP contribution in [0.5, 0.6) is 0 Å². The summed E-state index contributed by atoms with van der Waals surface area (Å²) in [5.74, 6) is -0.197. The van der Waals surface area contributed by atoms with Crippen molar-refractivity contribution in [3.63, 3.8) is 0 Å². The third-order valence-corrected chi connectivity index (χ3v) is 2.84. The van der Waals surface area contributed by atoms with Crippen molar-refractivity contribution in [3.05, 3.63) is 0 Å². The van der Waals surface area contributed by atoms with Crippen molar-refractivity contribution in [1.82, 2.24) is 0 Å². The van der Waals surface area contributed by atoms with E-state index in [-0.39, 0.29) is 23.3 Å². The minimum Gasteiger partial charge on any atom is -0.469 e. The van der Waals surface area contributed by atoms with Crippen molar-refractivity contribution >= 4 is 11.9 Å². The van der Waals surface area contributed by atoms with Gasteiger partial charge < -0.3 is 9.47 Å². The van der Waals surface area contributed by atoms with Gasteiger partial charge in [0.2, 0.25) is 0 Å². The zero-order chi connectivity index (χ0) is 14.1. The zero-order valence-corrected chi connectivity index (χ0v) is 12.1. The molecule has 0 aliphatic heterocycles. The second-order valence-electron chi connectivity index (χ2n) is 4.56. The van der Waals surface area contributed by atoms with Crippen LogP contribution < -0.4 is 0 Å². The summed E-state index contributed by atoms with van der Waals surface area (Å²) in [6.45, 7) is 9.53. The van der Waals surface area contributed by atoms with Crippen molar-refractivity contribution < 1.29 is 19.1 Å². The van der Waals surface area contributed by atoms with Crippen LogP contribution >= 0.6 is 0 Å². The molecule has 1 unspecified atom stereocenters. The molecule has 0 heterocycles. The first-order valence-corrected chi connectivity index (χ1v) is 5.93. The van der Waals surface area contributed by atoms with Crippen molar-refractivity contribution in [2.45, 2.75) is 47.5 Å². The number of esters is 2. The summed E-state index contributed by atoms with van der Waals surface area (Å²) >= 11 is 0. The van der Waals surface area contributed by atoms with Gasteiger partial charge in [0, 0.05) is 0 Å². The molecule has 0 saturated heterocycles. The van der Waals surface area contributed by atoms with Crippen LogP contribution in [0.2, 0.25) is 0 Å². The fourth-order valence-electron chi connectivity index (χ4n) is 0.788. The average molecular weight is 246 g/mol. The first kappa shape index (κ1) is 18.3. The molecule has 0 rings (SSSR count). The molecule has 0 bridgehead atoms. The summed E-state index contributed by atoms with van der Waals surface area (Å²) in [5, 5.41) is 0. The van der Waals surface area contributed by atoms with E-state index >= 15 is 0 Å². The SMILES string of the molecule is CCC(C)(C)C(=O)OC.CCC(C)C(=O)OC. The molecule has 0 spiro atoms. The minimum absolute atomic E-state index is 0.0556. The van der Waals surface area contributed by atoms with E-state index in [9.17, 15) is 9.59 Å². The van der Waals surface area contributed by atoms with Crippen molar-refractivity contribution in [2.75, 3.05) is 14.2 Å². The van der Waals surface area contributed by atoms with E-state index in [1.54, 1.807) is 0 Å². The molecule has 0 aromatic rings. The molecular formula is C13H26O4. The maximum absolute atomic E-state index is 10.8. The molecule has 0 saturated carbocycles. The number of ether oxygens (including phenoxy) is 2. The fraction of sp³-hybridized carbons (Fsp3) is 0.846. The lowest BCUT2D eigenvalue weighted by atomic mass is 9.91. The van der Waals surface area contributed by atoms with E-state index in [1.165, 1.54) is 14.2 Å². The van der Waals surface area contributed by atoms with Gasteiger partial charge in [-0.05, 0) is 26.7 Å². The van der Waals surface area contributed by atoms with Gasteiger partial charge in [0.1, 0.15) is 0 Å². The average Bonchev–Trinajstić information content (AvgIpc) is 2.36. The Morgan fingerprint density at radius 2 is 1.59 bits per heavy atom. The topological polar surface area (TPSA) is 52.6 Å². The maximum Gasteiger partial charge on any atom is 0.311 e. The second-order valence-corrected chi connectivity index (χ2v) is 4.56. The molecule has 0 radical (unpaired) electrons. The highest BCUT2D eigenvalue weighted by Crippen LogP contribution is 2.20. The van der Waals surface area contributed by atoms with Gasteiger partial charge in [-0.15, -0.1) is 0 Å². The summed E-state index contributed by atoms with van der Waals surface area (Å²) in [6, 6.07) is 0. The summed E-state index contributed by atoms with van der Waals surface area (Å²) in [6.07, 6.45) is 1.67. The van der Waals surface area contributed by atoms with Gasteiger partial charge in [-0.1, -0.05) is 20.8 Å². The summed E-state index contributed by atoms with van der Waals surface area (Å²) < 4.78 is 9.03. The Labute approximate surface area is 105 Å². The number of hydrogen-bond donors (Lipinski definition) is 0. The van der Waals surface area contributed by atoms with Crippen LogP contribution in [0.25, 0.3) is 0 Å². The van der Waals surface area contributed by atoms with E-state index in [4.69, 9.17) is 0 Å². The number of methoxy groups -OCH3 is 2. The molecular weight excluding hydrogens is 220 g/mol. The molecule has 17 heavy (non-hydrogen) atoms. The molecule has 102 valence electrons. The van der Waals surface area contributed by atoms with E-state index < -0.39 is 0 Å². The van der Waals surface area contributed by atoms with Crippen LogP contribution in [0.3, 0.4) is 0 Å². The molecule has 0 aliphatic carbocycles. The van der Waals surface area contributed by atoms with Crippen LogP contribution in [0.4, 0.5) is 0 Å². The smallest absolute Gasteiger partial charge is 0.311 e. The summed E-state index contributed by atoms with van der Waals surface area (Å²) in [7, 11) is 2.83. The van der Waals surface area contributed by atoms with Crippen LogP contribution in [0.15, 0.2) is 0 Å². The van der Waals surface area contributed by atoms with Gasteiger partial charge >= 0.3 is 11.9 Å². The highest BCUT2D eigenvalue weighted by atomic mass is 16.5. The Morgan fingerprint density at radius 1 is 1.12 bits per heavy atom. The first-order valence-electron chi connectivity index (χ1n) is 5.93. The molecule has 0 aromatic heterocycles. The maximum atomic E-state index is 10.8. The van der Waals surface area contributed by atoms with Gasteiger partial charge in [0.15, 0.2) is 0 Å². The number of rotatable bonds is 4. The minimum atomic E-state index is -0.311. The van der Waals surface area contributed by atoms with E-state index in [0.717, 1.165) is 12.8 Å². The van der Waals surface area contributed by atoms with E-state index in [0.29, 0.717) is 0 Å². The zero-order valence-electron chi connectivity index (χ0n) is 12.1. The largest absolute Gasteiger partial charge is 0.469 e. The standard InChI is InChI=1S/C7H14O2.C6H12O2/c1-5-7(2,3)6(8)9-4;1-4-5(2)6(7)8-3/h5H2,1-4H3;5H,4H2,1-3H3. The molecule has 4 heteroatoms. The van der Waals surface area contributed by atoms with E-state index in [1.807, 2.05) is 34.6 Å². The van der Waals surface area contributed by atoms with Gasteiger partial charge in [0.25, 0.3) is 0 Å². The second kappa shape index (κ2) is 9.02. The molecule has 0 aromatic carbocycles. The molecule has 1 atom stereocenters. The van der Waals surface area contributed by atoms with Gasteiger partial charge in [0.05, 0.1) is 25.6 Å². The van der Waals surface area contributed by atoms with Crippen molar-refractivity contribution in [3.8, 4) is 0 Å². The Hall–Kier alpha value is -1.06. The number of hydrogen-bond acceptors (Lipinski definition) is 4. The van der Waals surface area contributed by atoms with Crippen molar-refractivity contribution in [1.29, 1.82) is 0 Å². The van der Waals surface area contributed by atoms with E-state index in [2.05, 4.69) is 9.47 Å². The Balaban J connectivity index is 0. The van der Waals surface area contributed by atoms with Crippen molar-refractivity contribution in [2.24, 2.45) is 11.3 Å². The lowest BCUT2D eigenvalue weighted by molar-refractivity contribution is -0.150.